The number of imidazole rings is 1. The Kier molecular flexibility index (Phi) is 3.55. The molecule has 0 aliphatic heterocycles. The van der Waals surface area contributed by atoms with E-state index in [1.807, 2.05) is 0 Å². The highest BCUT2D eigenvalue weighted by atomic mass is 79.9. The molecule has 2 aromatic heterocycles. The van der Waals surface area contributed by atoms with E-state index in [4.69, 9.17) is 9.97 Å². The molecule has 116 valence electrons. The lowest BCUT2D eigenvalue weighted by molar-refractivity contribution is 0.537. The lowest BCUT2D eigenvalue weighted by Crippen LogP contribution is -2.19. The number of aromatic nitrogens is 3. The van der Waals surface area contributed by atoms with Crippen LogP contribution in [-0.4, -0.2) is 14.4 Å². The zero-order chi connectivity index (χ0) is 16.2. The van der Waals surface area contributed by atoms with Gasteiger partial charge in [0.05, 0.1) is 11.2 Å². The maximum absolute atomic E-state index is 4.99. The highest BCUT2D eigenvalue weighted by molar-refractivity contribution is 9.10. The smallest absolute Gasteiger partial charge is 0.149 e. The molecular weight excluding hydrogens is 338 g/mol. The molecule has 3 aromatic rings. The number of hydrogen-bond donors (Lipinski definition) is 0. The summed E-state index contributed by atoms with van der Waals surface area (Å²) in [5, 5.41) is 1.10. The van der Waals surface area contributed by atoms with Crippen LogP contribution in [0.1, 0.15) is 57.6 Å². The van der Waals surface area contributed by atoms with Crippen molar-refractivity contribution in [1.82, 2.24) is 14.4 Å². The van der Waals surface area contributed by atoms with Crippen molar-refractivity contribution in [2.24, 2.45) is 0 Å². The summed E-state index contributed by atoms with van der Waals surface area (Å²) < 4.78 is 3.07. The first kappa shape index (κ1) is 15.5. The zero-order valence-electron chi connectivity index (χ0n) is 14.0. The molecule has 0 amide bonds. The van der Waals surface area contributed by atoms with E-state index in [2.05, 4.69) is 80.1 Å². The molecule has 0 saturated heterocycles. The second kappa shape index (κ2) is 5.05. The molecule has 0 spiro atoms. The number of fused-ring (bicyclic) bond motifs is 3. The summed E-state index contributed by atoms with van der Waals surface area (Å²) >= 11 is 3.57. The fourth-order valence-electron chi connectivity index (χ4n) is 2.77. The zero-order valence-corrected chi connectivity index (χ0v) is 15.6. The van der Waals surface area contributed by atoms with E-state index >= 15 is 0 Å². The molecule has 0 aliphatic rings. The van der Waals surface area contributed by atoms with Gasteiger partial charge in [-0.2, -0.15) is 0 Å². The Morgan fingerprint density at radius 1 is 1.14 bits per heavy atom. The molecule has 4 heteroatoms. The Labute approximate surface area is 139 Å². The van der Waals surface area contributed by atoms with Crippen molar-refractivity contribution in [3.05, 3.63) is 39.9 Å². The van der Waals surface area contributed by atoms with Crippen molar-refractivity contribution in [3.8, 4) is 0 Å². The van der Waals surface area contributed by atoms with Crippen molar-refractivity contribution in [2.75, 3.05) is 0 Å². The van der Waals surface area contributed by atoms with Gasteiger partial charge in [-0.3, -0.25) is 4.40 Å². The van der Waals surface area contributed by atoms with Crippen LogP contribution in [0, 0.1) is 6.92 Å². The second-order valence-corrected chi connectivity index (χ2v) is 8.01. The number of aryl methyl sites for hydroxylation is 1. The van der Waals surface area contributed by atoms with E-state index in [0.29, 0.717) is 5.92 Å². The van der Waals surface area contributed by atoms with Crippen LogP contribution in [0.15, 0.2) is 22.8 Å². The molecule has 0 aliphatic carbocycles. The van der Waals surface area contributed by atoms with Gasteiger partial charge in [0.2, 0.25) is 0 Å². The molecule has 2 heterocycles. The van der Waals surface area contributed by atoms with Gasteiger partial charge in [0.15, 0.2) is 0 Å². The molecule has 0 unspecified atom stereocenters. The van der Waals surface area contributed by atoms with E-state index in [1.54, 1.807) is 0 Å². The molecule has 0 fully saturated rings. The number of benzene rings is 1. The Bertz CT molecular complexity index is 870. The molecule has 0 N–H and O–H groups in total. The van der Waals surface area contributed by atoms with E-state index < -0.39 is 0 Å². The van der Waals surface area contributed by atoms with Crippen LogP contribution in [0.2, 0.25) is 0 Å². The minimum atomic E-state index is -0.0504. The monoisotopic (exact) mass is 359 g/mol. The summed E-state index contributed by atoms with van der Waals surface area (Å²) in [6, 6.07) is 6.54. The van der Waals surface area contributed by atoms with Crippen LogP contribution >= 0.6 is 15.9 Å². The minimum absolute atomic E-state index is 0.0504. The molecule has 3 rings (SSSR count). The summed E-state index contributed by atoms with van der Waals surface area (Å²) in [5.41, 5.74) is 4.37. The van der Waals surface area contributed by atoms with Crippen molar-refractivity contribution in [3.63, 3.8) is 0 Å². The second-order valence-electron chi connectivity index (χ2n) is 7.26. The van der Waals surface area contributed by atoms with Crippen LogP contribution in [-0.2, 0) is 5.41 Å². The Balaban J connectivity index is 2.49. The number of halogens is 1. The van der Waals surface area contributed by atoms with Gasteiger partial charge >= 0.3 is 0 Å². The van der Waals surface area contributed by atoms with Crippen molar-refractivity contribution < 1.29 is 0 Å². The number of rotatable bonds is 1. The maximum atomic E-state index is 4.99. The molecule has 22 heavy (non-hydrogen) atoms. The standard InChI is InChI=1S/C18H22BrN3/c1-10(2)12-7-8-13-14(9-12)20-17(18(4,5)6)22-11(3)15(19)21-16(13)22/h7-10H,1-6H3. The lowest BCUT2D eigenvalue weighted by Gasteiger charge is -2.21. The Morgan fingerprint density at radius 3 is 2.41 bits per heavy atom. The molecular formula is C18H22BrN3. The summed E-state index contributed by atoms with van der Waals surface area (Å²) in [5.74, 6) is 1.54. The van der Waals surface area contributed by atoms with Gasteiger partial charge in [-0.25, -0.2) is 9.97 Å². The quantitative estimate of drug-likeness (QED) is 0.584. The Morgan fingerprint density at radius 2 is 1.82 bits per heavy atom. The average molecular weight is 360 g/mol. The van der Waals surface area contributed by atoms with E-state index in [9.17, 15) is 0 Å². The highest BCUT2D eigenvalue weighted by Gasteiger charge is 2.23. The van der Waals surface area contributed by atoms with Crippen molar-refractivity contribution in [1.29, 1.82) is 0 Å². The predicted octanol–water partition coefficient (Wildman–Crippen LogP) is 5.37. The topological polar surface area (TPSA) is 30.2 Å². The van der Waals surface area contributed by atoms with E-state index in [-0.39, 0.29) is 5.41 Å². The van der Waals surface area contributed by atoms with Gasteiger partial charge in [0.25, 0.3) is 0 Å². The van der Waals surface area contributed by atoms with Gasteiger partial charge < -0.3 is 0 Å². The number of hydrogen-bond acceptors (Lipinski definition) is 2. The largest absolute Gasteiger partial charge is 0.283 e. The normalized spacial score (nSPS) is 12.7. The van der Waals surface area contributed by atoms with Gasteiger partial charge in [0.1, 0.15) is 16.1 Å². The van der Waals surface area contributed by atoms with E-state index in [1.165, 1.54) is 5.56 Å². The van der Waals surface area contributed by atoms with Gasteiger partial charge in [-0.05, 0) is 46.5 Å². The molecule has 1 aromatic carbocycles. The summed E-state index contributed by atoms with van der Waals surface area (Å²) in [6.07, 6.45) is 0. The first-order valence-electron chi connectivity index (χ1n) is 7.69. The summed E-state index contributed by atoms with van der Waals surface area (Å²) in [4.78, 5) is 9.72. The minimum Gasteiger partial charge on any atom is -0.283 e. The van der Waals surface area contributed by atoms with Crippen LogP contribution in [0.4, 0.5) is 0 Å². The van der Waals surface area contributed by atoms with Crippen molar-refractivity contribution in [2.45, 2.75) is 52.9 Å². The highest BCUT2D eigenvalue weighted by Crippen LogP contribution is 2.31. The van der Waals surface area contributed by atoms with Crippen LogP contribution in [0.3, 0.4) is 0 Å². The average Bonchev–Trinajstić information content (AvgIpc) is 2.72. The van der Waals surface area contributed by atoms with Crippen LogP contribution in [0.5, 0.6) is 0 Å². The Hall–Kier alpha value is -1.42. The third-order valence-electron chi connectivity index (χ3n) is 4.09. The molecule has 0 atom stereocenters. The SMILES string of the molecule is Cc1c(Br)nc2c3ccc(C(C)C)cc3nc(C(C)(C)C)n12. The third kappa shape index (κ3) is 2.34. The first-order valence-corrected chi connectivity index (χ1v) is 8.48. The van der Waals surface area contributed by atoms with Crippen LogP contribution in [0.25, 0.3) is 16.6 Å². The summed E-state index contributed by atoms with van der Waals surface area (Å²) in [7, 11) is 0. The van der Waals surface area contributed by atoms with Crippen LogP contribution < -0.4 is 0 Å². The molecule has 0 saturated carbocycles. The first-order chi connectivity index (χ1) is 10.2. The van der Waals surface area contributed by atoms with Gasteiger partial charge in [-0.1, -0.05) is 40.7 Å². The fraction of sp³-hybridized carbons (Fsp3) is 0.444. The third-order valence-corrected chi connectivity index (χ3v) is 4.84. The molecule has 3 nitrogen and oxygen atoms in total. The maximum Gasteiger partial charge on any atom is 0.149 e. The molecule has 0 radical (unpaired) electrons. The summed E-state index contributed by atoms with van der Waals surface area (Å²) in [6.45, 7) is 13.1. The number of nitrogens with zero attached hydrogens (tertiary/aromatic N) is 3. The van der Waals surface area contributed by atoms with E-state index in [0.717, 1.165) is 32.7 Å². The van der Waals surface area contributed by atoms with Crippen molar-refractivity contribution >= 4 is 32.5 Å². The fourth-order valence-corrected chi connectivity index (χ4v) is 3.12. The lowest BCUT2D eigenvalue weighted by atomic mass is 9.94. The molecule has 0 bridgehead atoms. The predicted molar refractivity (Wildman–Crippen MR) is 95.7 cm³/mol. The van der Waals surface area contributed by atoms with Gasteiger partial charge in [-0.15, -0.1) is 0 Å². The van der Waals surface area contributed by atoms with Gasteiger partial charge in [0, 0.05) is 10.8 Å².